The number of rotatable bonds is 5. The molecule has 0 aliphatic carbocycles. The Bertz CT molecular complexity index is 1100. The number of carbonyl (C=O) groups excluding carboxylic acids is 1. The lowest BCUT2D eigenvalue weighted by Crippen LogP contribution is -2.31. The van der Waals surface area contributed by atoms with E-state index in [9.17, 15) is 14.7 Å². The first-order valence-corrected chi connectivity index (χ1v) is 9.18. The molecule has 1 atom stereocenters. The molecule has 0 radical (unpaired) electrons. The number of aryl methyl sites for hydroxylation is 1. The van der Waals surface area contributed by atoms with Crippen LogP contribution in [-0.4, -0.2) is 36.2 Å². The summed E-state index contributed by atoms with van der Waals surface area (Å²) in [6.07, 6.45) is 0.416. The summed E-state index contributed by atoms with van der Waals surface area (Å²) in [7, 11) is 1.58. The van der Waals surface area contributed by atoms with E-state index < -0.39 is 6.04 Å². The molecule has 2 heterocycles. The lowest BCUT2D eigenvalue weighted by molar-refractivity contribution is 0.0716. The molecule has 1 aliphatic rings. The second-order valence-electron chi connectivity index (χ2n) is 6.93. The standard InChI is InChI=1S/C22H21NO5/c1-13-4-9-17-16(12-13)20(25)18-19(14-5-7-15(27-2)8-6-14)23(10-3-11-24)22(26)21(18)28-17/h4-9,12,19,24H,3,10-11H2,1-2H3. The van der Waals surface area contributed by atoms with Crippen molar-refractivity contribution < 1.29 is 19.1 Å². The van der Waals surface area contributed by atoms with Gasteiger partial charge in [-0.1, -0.05) is 23.8 Å². The highest BCUT2D eigenvalue weighted by Crippen LogP contribution is 2.38. The number of fused-ring (bicyclic) bond motifs is 2. The highest BCUT2D eigenvalue weighted by Gasteiger charge is 2.42. The van der Waals surface area contributed by atoms with Crippen LogP contribution in [0.5, 0.6) is 5.75 Å². The van der Waals surface area contributed by atoms with E-state index in [2.05, 4.69) is 0 Å². The molecule has 0 saturated carbocycles. The Kier molecular flexibility index (Phi) is 4.65. The third-order valence-electron chi connectivity index (χ3n) is 5.11. The zero-order valence-corrected chi connectivity index (χ0v) is 15.8. The number of aliphatic hydroxyl groups is 1. The maximum atomic E-state index is 13.3. The minimum Gasteiger partial charge on any atom is -0.497 e. The normalized spacial score (nSPS) is 15.9. The topological polar surface area (TPSA) is 80.0 Å². The molecule has 1 amide bonds. The van der Waals surface area contributed by atoms with Gasteiger partial charge in [-0.2, -0.15) is 0 Å². The fourth-order valence-electron chi connectivity index (χ4n) is 3.74. The first-order chi connectivity index (χ1) is 13.5. The molecule has 0 bridgehead atoms. The van der Waals surface area contributed by atoms with Gasteiger partial charge >= 0.3 is 0 Å². The first-order valence-electron chi connectivity index (χ1n) is 9.18. The van der Waals surface area contributed by atoms with E-state index in [0.717, 1.165) is 11.1 Å². The highest BCUT2D eigenvalue weighted by atomic mass is 16.5. The fourth-order valence-corrected chi connectivity index (χ4v) is 3.74. The zero-order valence-electron chi connectivity index (χ0n) is 15.8. The number of amides is 1. The Morgan fingerprint density at radius 3 is 2.57 bits per heavy atom. The largest absolute Gasteiger partial charge is 0.497 e. The van der Waals surface area contributed by atoms with Crippen LogP contribution in [0.2, 0.25) is 0 Å². The lowest BCUT2D eigenvalue weighted by atomic mass is 9.98. The molecular formula is C22H21NO5. The summed E-state index contributed by atoms with van der Waals surface area (Å²) in [6.45, 7) is 2.19. The summed E-state index contributed by atoms with van der Waals surface area (Å²) >= 11 is 0. The monoisotopic (exact) mass is 379 g/mol. The van der Waals surface area contributed by atoms with Gasteiger partial charge in [-0.05, 0) is 43.2 Å². The van der Waals surface area contributed by atoms with Crippen molar-refractivity contribution in [3.8, 4) is 5.75 Å². The van der Waals surface area contributed by atoms with E-state index >= 15 is 0 Å². The summed E-state index contributed by atoms with van der Waals surface area (Å²) in [5, 5.41) is 9.72. The second kappa shape index (κ2) is 7.13. The Morgan fingerprint density at radius 2 is 1.89 bits per heavy atom. The van der Waals surface area contributed by atoms with Crippen molar-refractivity contribution in [3.63, 3.8) is 0 Å². The fraction of sp³-hybridized carbons (Fsp3) is 0.273. The van der Waals surface area contributed by atoms with Gasteiger partial charge in [0.2, 0.25) is 5.76 Å². The predicted octanol–water partition coefficient (Wildman–Crippen LogP) is 3.04. The average molecular weight is 379 g/mol. The van der Waals surface area contributed by atoms with Crippen molar-refractivity contribution in [1.82, 2.24) is 4.90 Å². The van der Waals surface area contributed by atoms with Crippen LogP contribution < -0.4 is 10.2 Å². The summed E-state index contributed by atoms with van der Waals surface area (Å²) in [6, 6.07) is 12.1. The molecule has 3 aromatic rings. The molecule has 144 valence electrons. The lowest BCUT2D eigenvalue weighted by Gasteiger charge is -2.25. The van der Waals surface area contributed by atoms with Crippen LogP contribution in [0.15, 0.2) is 51.7 Å². The van der Waals surface area contributed by atoms with Gasteiger partial charge in [0.25, 0.3) is 5.91 Å². The number of ether oxygens (including phenoxy) is 1. The van der Waals surface area contributed by atoms with Crippen molar-refractivity contribution in [2.75, 3.05) is 20.3 Å². The molecule has 4 rings (SSSR count). The van der Waals surface area contributed by atoms with Gasteiger partial charge in [0.15, 0.2) is 5.43 Å². The Hall–Kier alpha value is -3.12. The van der Waals surface area contributed by atoms with Gasteiger partial charge in [0.05, 0.1) is 24.1 Å². The highest BCUT2D eigenvalue weighted by molar-refractivity contribution is 5.99. The van der Waals surface area contributed by atoms with Crippen LogP contribution in [-0.2, 0) is 0 Å². The van der Waals surface area contributed by atoms with Crippen LogP contribution in [0.25, 0.3) is 11.0 Å². The van der Waals surface area contributed by atoms with Crippen LogP contribution in [0.1, 0.15) is 39.7 Å². The molecule has 0 fully saturated rings. The van der Waals surface area contributed by atoms with Crippen LogP contribution in [0.4, 0.5) is 0 Å². The molecule has 1 aromatic heterocycles. The maximum Gasteiger partial charge on any atom is 0.290 e. The molecule has 2 aromatic carbocycles. The Balaban J connectivity index is 1.94. The van der Waals surface area contributed by atoms with Crippen LogP contribution in [0, 0.1) is 6.92 Å². The van der Waals surface area contributed by atoms with Crippen LogP contribution >= 0.6 is 0 Å². The van der Waals surface area contributed by atoms with Gasteiger partial charge in [0.1, 0.15) is 11.3 Å². The number of hydrogen-bond donors (Lipinski definition) is 1. The maximum absolute atomic E-state index is 13.3. The van der Waals surface area contributed by atoms with E-state index in [1.165, 1.54) is 0 Å². The molecule has 1 unspecified atom stereocenters. The quantitative estimate of drug-likeness (QED) is 0.737. The van der Waals surface area contributed by atoms with Gasteiger partial charge in [-0.3, -0.25) is 9.59 Å². The SMILES string of the molecule is COc1ccc(C2c3c(oc4ccc(C)cc4c3=O)C(=O)N2CCCO)cc1. The van der Waals surface area contributed by atoms with Crippen LogP contribution in [0.3, 0.4) is 0 Å². The van der Waals surface area contributed by atoms with Crippen molar-refractivity contribution >= 4 is 16.9 Å². The number of benzene rings is 2. The van der Waals surface area contributed by atoms with Crippen molar-refractivity contribution in [2.24, 2.45) is 0 Å². The molecule has 6 nitrogen and oxygen atoms in total. The first kappa shape index (κ1) is 18.3. The molecule has 28 heavy (non-hydrogen) atoms. The van der Waals surface area contributed by atoms with Crippen molar-refractivity contribution in [2.45, 2.75) is 19.4 Å². The zero-order chi connectivity index (χ0) is 19.8. The van der Waals surface area contributed by atoms with E-state index in [1.54, 1.807) is 36.3 Å². The summed E-state index contributed by atoms with van der Waals surface area (Å²) in [4.78, 5) is 28.0. The van der Waals surface area contributed by atoms with Gasteiger partial charge < -0.3 is 19.2 Å². The number of aliphatic hydroxyl groups excluding tert-OH is 1. The third kappa shape index (κ3) is 2.86. The molecule has 1 N–H and O–H groups in total. The van der Waals surface area contributed by atoms with Gasteiger partial charge in [-0.25, -0.2) is 0 Å². The smallest absolute Gasteiger partial charge is 0.290 e. The van der Waals surface area contributed by atoms with Crippen molar-refractivity contribution in [3.05, 3.63) is 75.1 Å². The number of methoxy groups -OCH3 is 1. The summed E-state index contributed by atoms with van der Waals surface area (Å²) in [5.74, 6) is 0.445. The molecule has 0 spiro atoms. The van der Waals surface area contributed by atoms with E-state index in [4.69, 9.17) is 9.15 Å². The van der Waals surface area contributed by atoms with Gasteiger partial charge in [-0.15, -0.1) is 0 Å². The molecule has 0 saturated heterocycles. The van der Waals surface area contributed by atoms with E-state index in [1.807, 2.05) is 25.1 Å². The minimum absolute atomic E-state index is 0.0436. The second-order valence-corrected chi connectivity index (χ2v) is 6.93. The number of nitrogens with zero attached hydrogens (tertiary/aromatic N) is 1. The van der Waals surface area contributed by atoms with Crippen molar-refractivity contribution in [1.29, 1.82) is 0 Å². The summed E-state index contributed by atoms with van der Waals surface area (Å²) in [5.41, 5.74) is 2.30. The summed E-state index contributed by atoms with van der Waals surface area (Å²) < 4.78 is 11.1. The van der Waals surface area contributed by atoms with Gasteiger partial charge in [0, 0.05) is 13.2 Å². The minimum atomic E-state index is -0.555. The predicted molar refractivity (Wildman–Crippen MR) is 105 cm³/mol. The molecule has 6 heteroatoms. The third-order valence-corrected chi connectivity index (χ3v) is 5.11. The average Bonchev–Trinajstić information content (AvgIpc) is 2.99. The molecular weight excluding hydrogens is 358 g/mol. The number of carbonyl (C=O) groups is 1. The molecule has 1 aliphatic heterocycles. The Labute approximate surface area is 162 Å². The van der Waals surface area contributed by atoms with E-state index in [-0.39, 0.29) is 23.7 Å². The van der Waals surface area contributed by atoms with E-state index in [0.29, 0.717) is 35.2 Å². The Morgan fingerprint density at radius 1 is 1.14 bits per heavy atom. The number of hydrogen-bond acceptors (Lipinski definition) is 5.